The molecule has 0 saturated heterocycles. The quantitative estimate of drug-likeness (QED) is 0.229. The lowest BCUT2D eigenvalue weighted by Crippen LogP contribution is -2.36. The molecule has 0 aliphatic heterocycles. The molecular formula is C12H20N4O. The van der Waals surface area contributed by atoms with Crippen LogP contribution in [0.25, 0.3) is 0 Å². The zero-order valence-electron chi connectivity index (χ0n) is 10.1. The molecule has 0 aliphatic carbocycles. The number of nitrogens with two attached hydrogens (primary N) is 1. The van der Waals surface area contributed by atoms with Gasteiger partial charge in [-0.15, -0.1) is 0 Å². The molecule has 0 fully saturated rings. The third-order valence-corrected chi connectivity index (χ3v) is 2.09. The van der Waals surface area contributed by atoms with Gasteiger partial charge in [0.2, 0.25) is 5.96 Å². The molecule has 0 aliphatic rings. The maximum atomic E-state index is 5.39. The lowest BCUT2D eigenvalue weighted by Gasteiger charge is -2.08. The number of nitrogens with zero attached hydrogens (tertiary/aromatic N) is 1. The molecule has 0 amide bonds. The highest BCUT2D eigenvalue weighted by atomic mass is 16.5. The topological polar surface area (TPSA) is 71.7 Å². The number of guanidine groups is 1. The summed E-state index contributed by atoms with van der Waals surface area (Å²) in [6.07, 6.45) is 0.884. The number of hydrogen-bond acceptors (Lipinski definition) is 3. The van der Waals surface area contributed by atoms with Crippen LogP contribution in [0.15, 0.2) is 35.3 Å². The molecule has 0 bridgehead atoms. The average Bonchev–Trinajstić information content (AvgIpc) is 2.38. The molecule has 17 heavy (non-hydrogen) atoms. The van der Waals surface area contributed by atoms with Crippen molar-refractivity contribution in [2.45, 2.75) is 13.3 Å². The van der Waals surface area contributed by atoms with Gasteiger partial charge in [-0.05, 0) is 25.5 Å². The Hall–Kier alpha value is -1.59. The summed E-state index contributed by atoms with van der Waals surface area (Å²) in [7, 11) is 0. The van der Waals surface area contributed by atoms with Gasteiger partial charge < -0.3 is 10.1 Å². The number of ether oxygens (including phenoxy) is 1. The van der Waals surface area contributed by atoms with Crippen molar-refractivity contribution in [3.63, 3.8) is 0 Å². The molecule has 0 atom stereocenters. The van der Waals surface area contributed by atoms with Crippen LogP contribution >= 0.6 is 0 Å². The SMILES string of the molecule is CCOCCCN=C(NN)Nc1ccccc1. The van der Waals surface area contributed by atoms with Crippen molar-refractivity contribution in [1.82, 2.24) is 5.43 Å². The summed E-state index contributed by atoms with van der Waals surface area (Å²) < 4.78 is 5.23. The molecule has 5 nitrogen and oxygen atoms in total. The average molecular weight is 236 g/mol. The van der Waals surface area contributed by atoms with E-state index in [2.05, 4.69) is 15.7 Å². The maximum Gasteiger partial charge on any atom is 0.210 e. The number of rotatable bonds is 6. The van der Waals surface area contributed by atoms with Crippen LogP contribution < -0.4 is 16.6 Å². The van der Waals surface area contributed by atoms with Gasteiger partial charge >= 0.3 is 0 Å². The Morgan fingerprint density at radius 3 is 2.76 bits per heavy atom. The molecule has 0 unspecified atom stereocenters. The molecule has 94 valence electrons. The standard InChI is InChI=1S/C12H20N4O/c1-2-17-10-6-9-14-12(16-13)15-11-7-4-3-5-8-11/h3-5,7-8H,2,6,9-10,13H2,1H3,(H2,14,15,16). The Balaban J connectivity index is 2.35. The molecule has 0 radical (unpaired) electrons. The molecule has 4 N–H and O–H groups in total. The van der Waals surface area contributed by atoms with E-state index >= 15 is 0 Å². The fourth-order valence-electron chi connectivity index (χ4n) is 1.28. The van der Waals surface area contributed by atoms with Crippen molar-refractivity contribution in [2.24, 2.45) is 10.8 Å². The molecule has 1 rings (SSSR count). The summed E-state index contributed by atoms with van der Waals surface area (Å²) in [6, 6.07) is 9.76. The zero-order valence-corrected chi connectivity index (χ0v) is 10.1. The number of hydrogen-bond donors (Lipinski definition) is 3. The van der Waals surface area contributed by atoms with Gasteiger partial charge in [0.05, 0.1) is 0 Å². The summed E-state index contributed by atoms with van der Waals surface area (Å²) >= 11 is 0. The highest BCUT2D eigenvalue weighted by molar-refractivity contribution is 5.93. The highest BCUT2D eigenvalue weighted by Crippen LogP contribution is 2.04. The minimum absolute atomic E-state index is 0.563. The van der Waals surface area contributed by atoms with Crippen molar-refractivity contribution in [3.8, 4) is 0 Å². The number of benzene rings is 1. The van der Waals surface area contributed by atoms with Gasteiger partial charge in [0.15, 0.2) is 0 Å². The molecule has 5 heteroatoms. The molecule has 1 aromatic carbocycles. The number of aliphatic imine (C=N–C) groups is 1. The summed E-state index contributed by atoms with van der Waals surface area (Å²) in [5, 5.41) is 3.09. The monoisotopic (exact) mass is 236 g/mol. The molecule has 0 heterocycles. The van der Waals surface area contributed by atoms with E-state index in [1.54, 1.807) is 0 Å². The number of anilines is 1. The van der Waals surface area contributed by atoms with Crippen molar-refractivity contribution in [2.75, 3.05) is 25.1 Å². The zero-order chi connectivity index (χ0) is 12.3. The van der Waals surface area contributed by atoms with Crippen LogP contribution in [0, 0.1) is 0 Å². The number of nitrogens with one attached hydrogen (secondary N) is 2. The van der Waals surface area contributed by atoms with Crippen LogP contribution in [0.1, 0.15) is 13.3 Å². The summed E-state index contributed by atoms with van der Waals surface area (Å²) in [4.78, 5) is 4.30. The smallest absolute Gasteiger partial charge is 0.210 e. The van der Waals surface area contributed by atoms with Gasteiger partial charge in [-0.2, -0.15) is 0 Å². The van der Waals surface area contributed by atoms with Crippen molar-refractivity contribution in [3.05, 3.63) is 30.3 Å². The van der Waals surface area contributed by atoms with E-state index in [0.717, 1.165) is 25.3 Å². The summed E-state index contributed by atoms with van der Waals surface area (Å²) in [5.74, 6) is 5.95. The Kier molecular flexibility index (Phi) is 6.78. The third kappa shape index (κ3) is 5.89. The fraction of sp³-hybridized carbons (Fsp3) is 0.417. The second-order valence-corrected chi connectivity index (χ2v) is 3.42. The van der Waals surface area contributed by atoms with Gasteiger partial charge in [-0.25, -0.2) is 5.84 Å². The maximum absolute atomic E-state index is 5.39. The Morgan fingerprint density at radius 2 is 2.12 bits per heavy atom. The Labute approximate surface area is 102 Å². The lowest BCUT2D eigenvalue weighted by molar-refractivity contribution is 0.146. The van der Waals surface area contributed by atoms with E-state index in [1.807, 2.05) is 37.3 Å². The Morgan fingerprint density at radius 1 is 1.35 bits per heavy atom. The van der Waals surface area contributed by atoms with Crippen LogP contribution in [0.2, 0.25) is 0 Å². The van der Waals surface area contributed by atoms with E-state index in [0.29, 0.717) is 12.5 Å². The first-order chi connectivity index (χ1) is 8.36. The van der Waals surface area contributed by atoms with E-state index in [-0.39, 0.29) is 0 Å². The van der Waals surface area contributed by atoms with Crippen LogP contribution in [0.3, 0.4) is 0 Å². The van der Waals surface area contributed by atoms with E-state index in [9.17, 15) is 0 Å². The highest BCUT2D eigenvalue weighted by Gasteiger charge is 1.96. The first kappa shape index (κ1) is 13.5. The van der Waals surface area contributed by atoms with Crippen LogP contribution in [0.4, 0.5) is 5.69 Å². The molecule has 1 aromatic rings. The van der Waals surface area contributed by atoms with Crippen LogP contribution in [-0.4, -0.2) is 25.7 Å². The minimum atomic E-state index is 0.563. The van der Waals surface area contributed by atoms with E-state index in [1.165, 1.54) is 0 Å². The van der Waals surface area contributed by atoms with Crippen molar-refractivity contribution in [1.29, 1.82) is 0 Å². The first-order valence-electron chi connectivity index (χ1n) is 5.77. The lowest BCUT2D eigenvalue weighted by atomic mass is 10.3. The number of para-hydroxylation sites is 1. The normalized spacial score (nSPS) is 11.3. The molecule has 0 aromatic heterocycles. The van der Waals surface area contributed by atoms with Crippen LogP contribution in [0.5, 0.6) is 0 Å². The van der Waals surface area contributed by atoms with Gasteiger partial charge in [0.25, 0.3) is 0 Å². The van der Waals surface area contributed by atoms with Crippen molar-refractivity contribution >= 4 is 11.6 Å². The Bertz CT molecular complexity index is 327. The predicted octanol–water partition coefficient (Wildman–Crippen LogP) is 1.34. The third-order valence-electron chi connectivity index (χ3n) is 2.09. The summed E-state index contributed by atoms with van der Waals surface area (Å²) in [5.41, 5.74) is 3.49. The molecule has 0 saturated carbocycles. The van der Waals surface area contributed by atoms with Gasteiger partial charge in [-0.3, -0.25) is 10.4 Å². The molecule has 0 spiro atoms. The molecular weight excluding hydrogens is 216 g/mol. The number of hydrazine groups is 1. The van der Waals surface area contributed by atoms with Crippen LogP contribution in [-0.2, 0) is 4.74 Å². The van der Waals surface area contributed by atoms with E-state index in [4.69, 9.17) is 10.6 Å². The first-order valence-corrected chi connectivity index (χ1v) is 5.77. The van der Waals surface area contributed by atoms with Gasteiger partial charge in [-0.1, -0.05) is 18.2 Å². The minimum Gasteiger partial charge on any atom is -0.382 e. The van der Waals surface area contributed by atoms with Gasteiger partial charge in [0.1, 0.15) is 0 Å². The predicted molar refractivity (Wildman–Crippen MR) is 70.8 cm³/mol. The largest absolute Gasteiger partial charge is 0.382 e. The van der Waals surface area contributed by atoms with Gasteiger partial charge in [0, 0.05) is 25.4 Å². The van der Waals surface area contributed by atoms with Crippen molar-refractivity contribution < 1.29 is 4.74 Å². The fourth-order valence-corrected chi connectivity index (χ4v) is 1.28. The second kappa shape index (κ2) is 8.55. The van der Waals surface area contributed by atoms with E-state index < -0.39 is 0 Å². The summed E-state index contributed by atoms with van der Waals surface area (Å²) in [6.45, 7) is 4.13. The second-order valence-electron chi connectivity index (χ2n) is 3.42.